The summed E-state index contributed by atoms with van der Waals surface area (Å²) in [6.07, 6.45) is 0. The van der Waals surface area contributed by atoms with Crippen LogP contribution in [0.15, 0.2) is 48.5 Å². The zero-order valence-electron chi connectivity index (χ0n) is 12.1. The second-order valence-electron chi connectivity index (χ2n) is 5.91. The molecule has 1 amide bonds. The number of amides is 1. The van der Waals surface area contributed by atoms with Crippen LogP contribution in [0.1, 0.15) is 36.7 Å². The largest absolute Gasteiger partial charge is 0.399 e. The second kappa shape index (κ2) is 5.37. The predicted molar refractivity (Wildman–Crippen MR) is 83.9 cm³/mol. The number of carbonyl (C=O) groups is 1. The Bertz CT molecular complexity index is 610. The SMILES string of the molecule is CC(C)(C)c1ccc(NC(=O)c2cccc(N)c2)cc1. The molecule has 0 saturated heterocycles. The van der Waals surface area contributed by atoms with Gasteiger partial charge in [-0.1, -0.05) is 39.0 Å². The van der Waals surface area contributed by atoms with Crippen LogP contribution in [0, 0.1) is 0 Å². The standard InChI is InChI=1S/C17H20N2O/c1-17(2,3)13-7-9-15(10-8-13)19-16(20)12-5-4-6-14(18)11-12/h4-11H,18H2,1-3H3,(H,19,20). The summed E-state index contributed by atoms with van der Waals surface area (Å²) >= 11 is 0. The van der Waals surface area contributed by atoms with Crippen LogP contribution >= 0.6 is 0 Å². The van der Waals surface area contributed by atoms with Gasteiger partial charge in [-0.05, 0) is 41.3 Å². The van der Waals surface area contributed by atoms with Gasteiger partial charge in [-0.3, -0.25) is 4.79 Å². The first-order valence-corrected chi connectivity index (χ1v) is 6.64. The molecule has 0 aliphatic carbocycles. The quantitative estimate of drug-likeness (QED) is 0.813. The number of hydrogen-bond donors (Lipinski definition) is 2. The summed E-state index contributed by atoms with van der Waals surface area (Å²) in [5, 5.41) is 2.87. The summed E-state index contributed by atoms with van der Waals surface area (Å²) in [4.78, 5) is 12.1. The summed E-state index contributed by atoms with van der Waals surface area (Å²) in [7, 11) is 0. The molecule has 0 spiro atoms. The number of carbonyl (C=O) groups excluding carboxylic acids is 1. The Kier molecular flexibility index (Phi) is 3.79. The van der Waals surface area contributed by atoms with E-state index in [2.05, 4.69) is 26.1 Å². The Balaban J connectivity index is 2.12. The van der Waals surface area contributed by atoms with Crippen molar-refractivity contribution in [3.8, 4) is 0 Å². The molecule has 2 aromatic carbocycles. The van der Waals surface area contributed by atoms with E-state index in [9.17, 15) is 4.79 Å². The van der Waals surface area contributed by atoms with Gasteiger partial charge in [0, 0.05) is 16.9 Å². The molecular formula is C17H20N2O. The number of benzene rings is 2. The van der Waals surface area contributed by atoms with Crippen molar-refractivity contribution >= 4 is 17.3 Å². The van der Waals surface area contributed by atoms with Crippen molar-refractivity contribution in [2.24, 2.45) is 0 Å². The molecule has 20 heavy (non-hydrogen) atoms. The van der Waals surface area contributed by atoms with Crippen LogP contribution < -0.4 is 11.1 Å². The molecule has 0 aromatic heterocycles. The van der Waals surface area contributed by atoms with E-state index in [0.29, 0.717) is 11.3 Å². The molecule has 0 fully saturated rings. The molecule has 3 nitrogen and oxygen atoms in total. The minimum absolute atomic E-state index is 0.108. The van der Waals surface area contributed by atoms with E-state index in [1.54, 1.807) is 24.3 Å². The van der Waals surface area contributed by atoms with Crippen LogP contribution in [0.4, 0.5) is 11.4 Å². The molecule has 104 valence electrons. The van der Waals surface area contributed by atoms with Crippen LogP contribution in [-0.2, 0) is 5.41 Å². The van der Waals surface area contributed by atoms with Gasteiger partial charge in [-0.25, -0.2) is 0 Å². The normalized spacial score (nSPS) is 11.2. The minimum atomic E-state index is -0.152. The van der Waals surface area contributed by atoms with Gasteiger partial charge in [0.15, 0.2) is 0 Å². The average Bonchev–Trinajstić information content (AvgIpc) is 2.38. The van der Waals surface area contributed by atoms with Gasteiger partial charge in [0.2, 0.25) is 0 Å². The molecule has 3 N–H and O–H groups in total. The maximum absolute atomic E-state index is 12.1. The summed E-state index contributed by atoms with van der Waals surface area (Å²) in [5.41, 5.74) is 8.95. The third-order valence-corrected chi connectivity index (χ3v) is 3.16. The van der Waals surface area contributed by atoms with E-state index >= 15 is 0 Å². The number of rotatable bonds is 2. The maximum atomic E-state index is 12.1. The number of nitrogens with two attached hydrogens (primary N) is 1. The molecule has 0 atom stereocenters. The topological polar surface area (TPSA) is 55.1 Å². The predicted octanol–water partition coefficient (Wildman–Crippen LogP) is 3.82. The minimum Gasteiger partial charge on any atom is -0.399 e. The van der Waals surface area contributed by atoms with Crippen molar-refractivity contribution in [1.82, 2.24) is 0 Å². The van der Waals surface area contributed by atoms with Gasteiger partial charge in [-0.2, -0.15) is 0 Å². The van der Waals surface area contributed by atoms with Crippen LogP contribution in [0.25, 0.3) is 0 Å². The van der Waals surface area contributed by atoms with Crippen molar-refractivity contribution in [1.29, 1.82) is 0 Å². The van der Waals surface area contributed by atoms with E-state index in [1.807, 2.05) is 24.3 Å². The van der Waals surface area contributed by atoms with Gasteiger partial charge in [0.25, 0.3) is 5.91 Å². The Labute approximate surface area is 119 Å². The van der Waals surface area contributed by atoms with Crippen molar-refractivity contribution in [3.05, 3.63) is 59.7 Å². The average molecular weight is 268 g/mol. The van der Waals surface area contributed by atoms with Gasteiger partial charge in [0.1, 0.15) is 0 Å². The smallest absolute Gasteiger partial charge is 0.255 e. The zero-order valence-corrected chi connectivity index (χ0v) is 12.1. The van der Waals surface area contributed by atoms with Gasteiger partial charge < -0.3 is 11.1 Å². The number of nitrogen functional groups attached to an aromatic ring is 1. The van der Waals surface area contributed by atoms with E-state index in [1.165, 1.54) is 5.56 Å². The number of hydrogen-bond acceptors (Lipinski definition) is 2. The molecular weight excluding hydrogens is 248 g/mol. The third kappa shape index (κ3) is 3.38. The number of anilines is 2. The van der Waals surface area contributed by atoms with Crippen LogP contribution in [0.3, 0.4) is 0 Å². The fraction of sp³-hybridized carbons (Fsp3) is 0.235. The molecule has 0 aliphatic rings. The highest BCUT2D eigenvalue weighted by molar-refractivity contribution is 6.04. The zero-order chi connectivity index (χ0) is 14.8. The molecule has 0 heterocycles. The molecule has 3 heteroatoms. The molecule has 0 unspecified atom stereocenters. The molecule has 0 bridgehead atoms. The van der Waals surface area contributed by atoms with E-state index in [-0.39, 0.29) is 11.3 Å². The van der Waals surface area contributed by atoms with E-state index in [0.717, 1.165) is 5.69 Å². The van der Waals surface area contributed by atoms with Gasteiger partial charge in [0.05, 0.1) is 0 Å². The first-order chi connectivity index (χ1) is 9.36. The highest BCUT2D eigenvalue weighted by Gasteiger charge is 2.13. The maximum Gasteiger partial charge on any atom is 0.255 e. The first kappa shape index (κ1) is 14.1. The van der Waals surface area contributed by atoms with E-state index in [4.69, 9.17) is 5.73 Å². The summed E-state index contributed by atoms with van der Waals surface area (Å²) in [6, 6.07) is 14.9. The van der Waals surface area contributed by atoms with E-state index < -0.39 is 0 Å². The Morgan fingerprint density at radius 2 is 1.70 bits per heavy atom. The van der Waals surface area contributed by atoms with Crippen LogP contribution in [0.2, 0.25) is 0 Å². The van der Waals surface area contributed by atoms with Crippen LogP contribution in [-0.4, -0.2) is 5.91 Å². The summed E-state index contributed by atoms with van der Waals surface area (Å²) < 4.78 is 0. The first-order valence-electron chi connectivity index (χ1n) is 6.64. The fourth-order valence-corrected chi connectivity index (χ4v) is 1.94. The lowest BCUT2D eigenvalue weighted by molar-refractivity contribution is 0.102. The lowest BCUT2D eigenvalue weighted by atomic mass is 9.87. The Morgan fingerprint density at radius 3 is 2.25 bits per heavy atom. The Hall–Kier alpha value is -2.29. The molecule has 2 aromatic rings. The lowest BCUT2D eigenvalue weighted by Gasteiger charge is -2.19. The third-order valence-electron chi connectivity index (χ3n) is 3.16. The van der Waals surface area contributed by atoms with Crippen molar-refractivity contribution < 1.29 is 4.79 Å². The van der Waals surface area contributed by atoms with Gasteiger partial charge >= 0.3 is 0 Å². The highest BCUT2D eigenvalue weighted by atomic mass is 16.1. The van der Waals surface area contributed by atoms with Crippen molar-refractivity contribution in [2.45, 2.75) is 26.2 Å². The van der Waals surface area contributed by atoms with Gasteiger partial charge in [-0.15, -0.1) is 0 Å². The highest BCUT2D eigenvalue weighted by Crippen LogP contribution is 2.23. The van der Waals surface area contributed by atoms with Crippen LogP contribution in [0.5, 0.6) is 0 Å². The number of nitrogens with one attached hydrogen (secondary N) is 1. The molecule has 0 saturated carbocycles. The lowest BCUT2D eigenvalue weighted by Crippen LogP contribution is -2.13. The summed E-state index contributed by atoms with van der Waals surface area (Å²) in [5.74, 6) is -0.152. The van der Waals surface area contributed by atoms with Crippen molar-refractivity contribution in [2.75, 3.05) is 11.1 Å². The Morgan fingerprint density at radius 1 is 1.05 bits per heavy atom. The van der Waals surface area contributed by atoms with Crippen molar-refractivity contribution in [3.63, 3.8) is 0 Å². The second-order valence-corrected chi connectivity index (χ2v) is 5.91. The summed E-state index contributed by atoms with van der Waals surface area (Å²) in [6.45, 7) is 6.48. The molecule has 2 rings (SSSR count). The fourth-order valence-electron chi connectivity index (χ4n) is 1.94. The monoisotopic (exact) mass is 268 g/mol. The molecule has 0 radical (unpaired) electrons. The molecule has 0 aliphatic heterocycles.